The molecule has 1 aliphatic rings. The molecule has 0 saturated carbocycles. The Morgan fingerprint density at radius 2 is 2.05 bits per heavy atom. The highest BCUT2D eigenvalue weighted by Crippen LogP contribution is 2.23. The molecule has 2 N–H and O–H groups in total. The molecular weight excluding hydrogens is 264 g/mol. The van der Waals surface area contributed by atoms with Crippen LogP contribution in [0.15, 0.2) is 30.3 Å². The van der Waals surface area contributed by atoms with Gasteiger partial charge in [-0.05, 0) is 56.8 Å². The number of piperidine rings is 1. The normalized spacial score (nSPS) is 16.4. The number of carbonyl (C=O) groups is 1. The van der Waals surface area contributed by atoms with E-state index in [4.69, 9.17) is 0 Å². The zero-order valence-corrected chi connectivity index (χ0v) is 12.2. The topological polar surface area (TPSA) is 54.3 Å². The third-order valence-electron chi connectivity index (χ3n) is 4.48. The molecule has 4 heteroatoms. The van der Waals surface area contributed by atoms with E-state index in [1.54, 1.807) is 6.07 Å². The second-order valence-electron chi connectivity index (χ2n) is 5.88. The number of aromatic carboxylic acids is 1. The average Bonchev–Trinajstić information content (AvgIpc) is 2.88. The fraction of sp³-hybridized carbons (Fsp3) is 0.471. The smallest absolute Gasteiger partial charge is 0.352 e. The van der Waals surface area contributed by atoms with E-state index in [-0.39, 0.29) is 0 Å². The first-order valence-electron chi connectivity index (χ1n) is 7.78. The Labute approximate surface area is 124 Å². The van der Waals surface area contributed by atoms with Crippen LogP contribution in [0.5, 0.6) is 0 Å². The molecule has 0 bridgehead atoms. The van der Waals surface area contributed by atoms with Crippen molar-refractivity contribution in [3.63, 3.8) is 0 Å². The molecule has 1 fully saturated rings. The van der Waals surface area contributed by atoms with E-state index >= 15 is 0 Å². The minimum absolute atomic E-state index is 0.404. The number of hydrogen-bond acceptors (Lipinski definition) is 2. The Morgan fingerprint density at radius 1 is 1.29 bits per heavy atom. The number of hydrogen-bond donors (Lipinski definition) is 2. The Balaban J connectivity index is 1.72. The van der Waals surface area contributed by atoms with E-state index < -0.39 is 5.97 Å². The molecule has 0 atom stereocenters. The summed E-state index contributed by atoms with van der Waals surface area (Å²) < 4.78 is 1.96. The number of nitrogens with zero attached hydrogens (tertiary/aromatic N) is 1. The number of carboxylic acid groups (broad SMARTS) is 1. The Hall–Kier alpha value is -1.81. The highest BCUT2D eigenvalue weighted by atomic mass is 16.4. The highest BCUT2D eigenvalue weighted by Gasteiger charge is 2.16. The van der Waals surface area contributed by atoms with Gasteiger partial charge in [0.15, 0.2) is 0 Å². The number of nitrogens with one attached hydrogen (secondary N) is 1. The summed E-state index contributed by atoms with van der Waals surface area (Å²) in [7, 11) is 0. The van der Waals surface area contributed by atoms with Gasteiger partial charge in [-0.3, -0.25) is 0 Å². The Bertz CT molecular complexity index is 627. The zero-order valence-electron chi connectivity index (χ0n) is 12.2. The van der Waals surface area contributed by atoms with Crippen molar-refractivity contribution in [1.29, 1.82) is 0 Å². The number of fused-ring (bicyclic) bond motifs is 1. The lowest BCUT2D eigenvalue weighted by Gasteiger charge is -2.22. The van der Waals surface area contributed by atoms with Gasteiger partial charge in [-0.25, -0.2) is 4.79 Å². The number of aryl methyl sites for hydroxylation is 1. The summed E-state index contributed by atoms with van der Waals surface area (Å²) >= 11 is 0. The van der Waals surface area contributed by atoms with Crippen LogP contribution >= 0.6 is 0 Å². The molecule has 3 rings (SSSR count). The molecular formula is C17H22N2O2. The maximum absolute atomic E-state index is 11.4. The first-order chi connectivity index (χ1) is 10.3. The number of aromatic nitrogens is 1. The molecule has 0 aliphatic carbocycles. The van der Waals surface area contributed by atoms with Crippen molar-refractivity contribution in [1.82, 2.24) is 9.88 Å². The summed E-state index contributed by atoms with van der Waals surface area (Å²) in [5.41, 5.74) is 1.43. The van der Waals surface area contributed by atoms with Crippen LogP contribution < -0.4 is 5.32 Å². The number of carboxylic acids is 1. The molecule has 1 aliphatic heterocycles. The van der Waals surface area contributed by atoms with Gasteiger partial charge < -0.3 is 15.0 Å². The molecule has 4 nitrogen and oxygen atoms in total. The third-order valence-corrected chi connectivity index (χ3v) is 4.48. The van der Waals surface area contributed by atoms with Gasteiger partial charge in [0.2, 0.25) is 0 Å². The Kier molecular flexibility index (Phi) is 4.25. The largest absolute Gasteiger partial charge is 0.477 e. The average molecular weight is 286 g/mol. The van der Waals surface area contributed by atoms with Gasteiger partial charge in [0.1, 0.15) is 5.69 Å². The van der Waals surface area contributed by atoms with E-state index in [9.17, 15) is 9.90 Å². The van der Waals surface area contributed by atoms with Crippen LogP contribution in [0.25, 0.3) is 10.9 Å². The molecule has 0 unspecified atom stereocenters. The van der Waals surface area contributed by atoms with Gasteiger partial charge in [0, 0.05) is 17.4 Å². The fourth-order valence-corrected chi connectivity index (χ4v) is 3.34. The standard InChI is InChI=1S/C17H22N2O2/c20-17(21)16-12-14-5-1-2-6-15(14)19(16)11-3-4-13-7-9-18-10-8-13/h1-2,5-6,12-13,18H,3-4,7-11H2,(H,20,21). The first-order valence-corrected chi connectivity index (χ1v) is 7.78. The molecule has 1 aromatic carbocycles. The SMILES string of the molecule is O=C(O)c1cc2ccccc2n1CCCC1CCNCC1. The molecule has 0 spiro atoms. The van der Waals surface area contributed by atoms with Crippen LogP contribution in [0, 0.1) is 5.92 Å². The maximum atomic E-state index is 11.4. The van der Waals surface area contributed by atoms with Gasteiger partial charge in [-0.2, -0.15) is 0 Å². The number of benzene rings is 1. The van der Waals surface area contributed by atoms with Crippen LogP contribution in [0.1, 0.15) is 36.2 Å². The molecule has 21 heavy (non-hydrogen) atoms. The predicted molar refractivity (Wildman–Crippen MR) is 83.7 cm³/mol. The second kappa shape index (κ2) is 6.31. The van der Waals surface area contributed by atoms with Crippen molar-refractivity contribution in [2.75, 3.05) is 13.1 Å². The monoisotopic (exact) mass is 286 g/mol. The summed E-state index contributed by atoms with van der Waals surface area (Å²) in [5.74, 6) is -0.0468. The minimum Gasteiger partial charge on any atom is -0.477 e. The quantitative estimate of drug-likeness (QED) is 0.888. The summed E-state index contributed by atoms with van der Waals surface area (Å²) in [4.78, 5) is 11.4. The molecule has 1 aromatic heterocycles. The van der Waals surface area contributed by atoms with E-state index in [1.165, 1.54) is 19.3 Å². The van der Waals surface area contributed by atoms with Crippen molar-refractivity contribution in [3.05, 3.63) is 36.0 Å². The second-order valence-corrected chi connectivity index (χ2v) is 5.88. The van der Waals surface area contributed by atoms with Crippen LogP contribution in [0.3, 0.4) is 0 Å². The van der Waals surface area contributed by atoms with Crippen molar-refractivity contribution in [2.24, 2.45) is 5.92 Å². The lowest BCUT2D eigenvalue weighted by Crippen LogP contribution is -2.27. The summed E-state index contributed by atoms with van der Waals surface area (Å²) in [5, 5.41) is 13.8. The molecule has 112 valence electrons. The molecule has 1 saturated heterocycles. The van der Waals surface area contributed by atoms with E-state index in [0.717, 1.165) is 42.9 Å². The van der Waals surface area contributed by atoms with Gasteiger partial charge in [0.05, 0.1) is 0 Å². The van der Waals surface area contributed by atoms with Crippen molar-refractivity contribution < 1.29 is 9.90 Å². The fourth-order valence-electron chi connectivity index (χ4n) is 3.34. The summed E-state index contributed by atoms with van der Waals surface area (Å²) in [6.45, 7) is 3.04. The van der Waals surface area contributed by atoms with Gasteiger partial charge in [0.25, 0.3) is 0 Å². The first kappa shape index (κ1) is 14.1. The highest BCUT2D eigenvalue weighted by molar-refractivity contribution is 5.94. The van der Waals surface area contributed by atoms with E-state index in [1.807, 2.05) is 28.8 Å². The van der Waals surface area contributed by atoms with Crippen LogP contribution in [0.2, 0.25) is 0 Å². The van der Waals surface area contributed by atoms with Gasteiger partial charge in [-0.1, -0.05) is 18.2 Å². The predicted octanol–water partition coefficient (Wildman–Crippen LogP) is 3.12. The van der Waals surface area contributed by atoms with Crippen molar-refractivity contribution in [2.45, 2.75) is 32.2 Å². The molecule has 2 aromatic rings. The van der Waals surface area contributed by atoms with E-state index in [0.29, 0.717) is 5.69 Å². The molecule has 0 radical (unpaired) electrons. The van der Waals surface area contributed by atoms with Crippen molar-refractivity contribution >= 4 is 16.9 Å². The molecule has 0 amide bonds. The number of rotatable bonds is 5. The van der Waals surface area contributed by atoms with Crippen molar-refractivity contribution in [3.8, 4) is 0 Å². The van der Waals surface area contributed by atoms with Gasteiger partial charge in [-0.15, -0.1) is 0 Å². The minimum atomic E-state index is -0.840. The van der Waals surface area contributed by atoms with Crippen LogP contribution in [0.4, 0.5) is 0 Å². The van der Waals surface area contributed by atoms with Crippen LogP contribution in [-0.4, -0.2) is 28.7 Å². The van der Waals surface area contributed by atoms with Crippen LogP contribution in [-0.2, 0) is 6.54 Å². The molecule has 2 heterocycles. The number of para-hydroxylation sites is 1. The summed E-state index contributed by atoms with van der Waals surface area (Å²) in [6, 6.07) is 9.68. The lowest BCUT2D eigenvalue weighted by atomic mass is 9.93. The summed E-state index contributed by atoms with van der Waals surface area (Å²) in [6.07, 6.45) is 4.73. The maximum Gasteiger partial charge on any atom is 0.352 e. The van der Waals surface area contributed by atoms with E-state index in [2.05, 4.69) is 5.32 Å². The zero-order chi connectivity index (χ0) is 14.7. The van der Waals surface area contributed by atoms with Gasteiger partial charge >= 0.3 is 5.97 Å². The lowest BCUT2D eigenvalue weighted by molar-refractivity contribution is 0.0685. The Morgan fingerprint density at radius 3 is 2.81 bits per heavy atom. The third kappa shape index (κ3) is 3.10.